The zero-order valence-electron chi connectivity index (χ0n) is 15.8. The van der Waals surface area contributed by atoms with Gasteiger partial charge in [0.05, 0.1) is 41.1 Å². The summed E-state index contributed by atoms with van der Waals surface area (Å²) in [6, 6.07) is 9.11. The molecular weight excluding hydrogens is 350 g/mol. The lowest BCUT2D eigenvalue weighted by Gasteiger charge is -2.14. The van der Waals surface area contributed by atoms with Crippen LogP contribution in [-0.2, 0) is 0 Å². The first-order chi connectivity index (χ1) is 13.2. The fourth-order valence-corrected chi connectivity index (χ4v) is 2.84. The molecule has 0 radical (unpaired) electrons. The first-order valence-corrected chi connectivity index (χ1v) is 8.10. The van der Waals surface area contributed by atoms with Gasteiger partial charge in [0.2, 0.25) is 0 Å². The topological polar surface area (TPSA) is 87.7 Å². The van der Waals surface area contributed by atoms with E-state index in [2.05, 4.69) is 15.4 Å². The number of H-pyrrole nitrogens is 1. The first kappa shape index (κ1) is 18.4. The number of hydrogen-bond donors (Lipinski definition) is 1. The minimum atomic E-state index is 0.535. The van der Waals surface area contributed by atoms with Crippen molar-refractivity contribution in [3.05, 3.63) is 30.3 Å². The second-order valence-corrected chi connectivity index (χ2v) is 5.50. The van der Waals surface area contributed by atoms with E-state index >= 15 is 0 Å². The molecule has 1 heterocycles. The van der Waals surface area contributed by atoms with Crippen molar-refractivity contribution < 1.29 is 23.7 Å². The van der Waals surface area contributed by atoms with Gasteiger partial charge in [0, 0.05) is 11.6 Å². The van der Waals surface area contributed by atoms with Gasteiger partial charge in [-0.05, 0) is 24.3 Å². The van der Waals surface area contributed by atoms with E-state index < -0.39 is 0 Å². The molecule has 3 aromatic rings. The lowest BCUT2D eigenvalue weighted by Crippen LogP contribution is -1.97. The fourth-order valence-electron chi connectivity index (χ4n) is 2.84. The SMILES string of the molecule is COc1cc(OC)c(OC)c(-c2n[nH]nc2-c2ccc(OC)c(OC)c2)c1. The normalized spacial score (nSPS) is 10.4. The average molecular weight is 371 g/mol. The van der Waals surface area contributed by atoms with Gasteiger partial charge in [-0.15, -0.1) is 0 Å². The van der Waals surface area contributed by atoms with Gasteiger partial charge in [-0.2, -0.15) is 15.4 Å². The number of methoxy groups -OCH3 is 5. The van der Waals surface area contributed by atoms with Crippen molar-refractivity contribution >= 4 is 0 Å². The molecule has 0 saturated carbocycles. The van der Waals surface area contributed by atoms with Crippen LogP contribution in [-0.4, -0.2) is 51.0 Å². The number of hydrogen-bond acceptors (Lipinski definition) is 7. The second kappa shape index (κ2) is 7.86. The lowest BCUT2D eigenvalue weighted by molar-refractivity contribution is 0.350. The van der Waals surface area contributed by atoms with Crippen molar-refractivity contribution in [2.75, 3.05) is 35.5 Å². The van der Waals surface area contributed by atoms with Crippen molar-refractivity contribution in [1.82, 2.24) is 15.4 Å². The standard InChI is InChI=1S/C19H21N3O5/c1-23-12-9-13(19(27-5)16(10-12)26-4)18-17(20-22-21-18)11-6-7-14(24-2)15(8-11)25-3/h6-10H,1-5H3,(H,20,21,22). The summed E-state index contributed by atoms with van der Waals surface area (Å²) in [6.45, 7) is 0. The highest BCUT2D eigenvalue weighted by Gasteiger charge is 2.22. The molecule has 0 unspecified atom stereocenters. The summed E-state index contributed by atoms with van der Waals surface area (Å²) in [7, 11) is 7.90. The van der Waals surface area contributed by atoms with Crippen molar-refractivity contribution in [1.29, 1.82) is 0 Å². The highest BCUT2D eigenvalue weighted by atomic mass is 16.5. The first-order valence-electron chi connectivity index (χ1n) is 8.10. The number of nitrogens with one attached hydrogen (secondary N) is 1. The molecule has 0 bridgehead atoms. The Hall–Kier alpha value is -3.42. The molecule has 0 spiro atoms. The maximum absolute atomic E-state index is 5.56. The molecule has 0 aliphatic carbocycles. The summed E-state index contributed by atoms with van der Waals surface area (Å²) in [5.41, 5.74) is 2.72. The van der Waals surface area contributed by atoms with E-state index in [0.29, 0.717) is 45.7 Å². The predicted octanol–water partition coefficient (Wildman–Crippen LogP) is 3.18. The van der Waals surface area contributed by atoms with Gasteiger partial charge >= 0.3 is 0 Å². The quantitative estimate of drug-likeness (QED) is 0.682. The molecule has 8 nitrogen and oxygen atoms in total. The summed E-state index contributed by atoms with van der Waals surface area (Å²) >= 11 is 0. The molecule has 0 saturated heterocycles. The van der Waals surface area contributed by atoms with Crippen LogP contribution in [0.25, 0.3) is 22.5 Å². The molecule has 2 aromatic carbocycles. The van der Waals surface area contributed by atoms with Crippen LogP contribution in [0.2, 0.25) is 0 Å². The Morgan fingerprint density at radius 1 is 0.667 bits per heavy atom. The van der Waals surface area contributed by atoms with Crippen molar-refractivity contribution in [2.45, 2.75) is 0 Å². The number of aromatic amines is 1. The molecule has 27 heavy (non-hydrogen) atoms. The Bertz CT molecular complexity index is 939. The third-order valence-corrected chi connectivity index (χ3v) is 4.15. The average Bonchev–Trinajstić information content (AvgIpc) is 3.21. The van der Waals surface area contributed by atoms with Crippen molar-refractivity contribution in [2.24, 2.45) is 0 Å². The number of aromatic nitrogens is 3. The largest absolute Gasteiger partial charge is 0.497 e. The van der Waals surface area contributed by atoms with Crippen LogP contribution in [0.4, 0.5) is 0 Å². The third-order valence-electron chi connectivity index (χ3n) is 4.15. The van der Waals surface area contributed by atoms with E-state index in [1.165, 1.54) is 0 Å². The van der Waals surface area contributed by atoms with Crippen molar-refractivity contribution in [3.8, 4) is 51.3 Å². The maximum Gasteiger partial charge on any atom is 0.170 e. The van der Waals surface area contributed by atoms with E-state index in [0.717, 1.165) is 5.56 Å². The molecule has 3 rings (SSSR count). The molecule has 8 heteroatoms. The molecule has 0 aliphatic rings. The predicted molar refractivity (Wildman–Crippen MR) is 100 cm³/mol. The van der Waals surface area contributed by atoms with E-state index in [-0.39, 0.29) is 0 Å². The smallest absolute Gasteiger partial charge is 0.170 e. The van der Waals surface area contributed by atoms with E-state index in [1.54, 1.807) is 41.6 Å². The summed E-state index contributed by atoms with van der Waals surface area (Å²) in [4.78, 5) is 0. The lowest BCUT2D eigenvalue weighted by atomic mass is 10.0. The fraction of sp³-hybridized carbons (Fsp3) is 0.263. The number of nitrogens with zero attached hydrogens (tertiary/aromatic N) is 2. The van der Waals surface area contributed by atoms with Crippen molar-refractivity contribution in [3.63, 3.8) is 0 Å². The Morgan fingerprint density at radius 3 is 2.00 bits per heavy atom. The Morgan fingerprint density at radius 2 is 1.37 bits per heavy atom. The van der Waals surface area contributed by atoms with Crippen LogP contribution < -0.4 is 23.7 Å². The Balaban J connectivity index is 2.19. The maximum atomic E-state index is 5.56. The van der Waals surface area contributed by atoms with Crippen LogP contribution in [0.15, 0.2) is 30.3 Å². The van der Waals surface area contributed by atoms with E-state index in [9.17, 15) is 0 Å². The zero-order chi connectivity index (χ0) is 19.4. The number of ether oxygens (including phenoxy) is 5. The molecule has 0 atom stereocenters. The molecule has 1 N–H and O–H groups in total. The van der Waals surface area contributed by atoms with E-state index in [1.807, 2.05) is 24.3 Å². The van der Waals surface area contributed by atoms with Gasteiger partial charge in [-0.1, -0.05) is 0 Å². The van der Waals surface area contributed by atoms with E-state index in [4.69, 9.17) is 23.7 Å². The monoisotopic (exact) mass is 371 g/mol. The van der Waals surface area contributed by atoms with Gasteiger partial charge in [0.25, 0.3) is 0 Å². The van der Waals surface area contributed by atoms with Crippen LogP contribution in [0.5, 0.6) is 28.7 Å². The summed E-state index contributed by atoms with van der Waals surface area (Å²) in [5, 5.41) is 11.3. The highest BCUT2D eigenvalue weighted by Crippen LogP contribution is 2.44. The third kappa shape index (κ3) is 3.33. The number of benzene rings is 2. The van der Waals surface area contributed by atoms with Crippen LogP contribution >= 0.6 is 0 Å². The summed E-state index contributed by atoms with van der Waals surface area (Å²) in [5.74, 6) is 2.91. The minimum Gasteiger partial charge on any atom is -0.497 e. The van der Waals surface area contributed by atoms with Gasteiger partial charge < -0.3 is 23.7 Å². The number of rotatable bonds is 7. The molecular formula is C19H21N3O5. The molecule has 0 amide bonds. The summed E-state index contributed by atoms with van der Waals surface area (Å²) in [6.07, 6.45) is 0. The zero-order valence-corrected chi connectivity index (χ0v) is 15.8. The van der Waals surface area contributed by atoms with Crippen LogP contribution in [0.1, 0.15) is 0 Å². The summed E-state index contributed by atoms with van der Waals surface area (Å²) < 4.78 is 27.1. The molecule has 0 aliphatic heterocycles. The van der Waals surface area contributed by atoms with Gasteiger partial charge in [-0.25, -0.2) is 0 Å². The van der Waals surface area contributed by atoms with Crippen LogP contribution in [0, 0.1) is 0 Å². The minimum absolute atomic E-state index is 0.535. The van der Waals surface area contributed by atoms with Crippen LogP contribution in [0.3, 0.4) is 0 Å². The molecule has 1 aromatic heterocycles. The molecule has 142 valence electrons. The second-order valence-electron chi connectivity index (χ2n) is 5.50. The van der Waals surface area contributed by atoms with Gasteiger partial charge in [-0.3, -0.25) is 0 Å². The Kier molecular flexibility index (Phi) is 5.35. The Labute approximate surface area is 157 Å². The molecule has 0 fully saturated rings. The van der Waals surface area contributed by atoms with Gasteiger partial charge in [0.1, 0.15) is 17.1 Å². The highest BCUT2D eigenvalue weighted by molar-refractivity contribution is 5.84. The van der Waals surface area contributed by atoms with Gasteiger partial charge in [0.15, 0.2) is 23.0 Å².